The van der Waals surface area contributed by atoms with Gasteiger partial charge in [-0.05, 0) is 59.5 Å². The molecule has 0 saturated carbocycles. The van der Waals surface area contributed by atoms with Crippen LogP contribution in [0.5, 0.6) is 23.0 Å². The SMILES string of the molecule is COC(=O)c1c2c(c3cc(OC)c(N4CCOCC4)cc3c1-c1ccccc1)OC(c1ccc(OC)cc1)(c1ccc(OC)cc1)C=C2. The van der Waals surface area contributed by atoms with Gasteiger partial charge in [0.15, 0.2) is 5.60 Å². The van der Waals surface area contributed by atoms with Crippen LogP contribution in [0.3, 0.4) is 0 Å². The number of ether oxygens (including phenoxy) is 6. The Morgan fingerprint density at radius 2 is 1.38 bits per heavy atom. The topological polar surface area (TPSA) is 75.7 Å². The van der Waals surface area contributed by atoms with Crippen molar-refractivity contribution in [2.45, 2.75) is 5.60 Å². The molecule has 8 heteroatoms. The normalized spacial score (nSPS) is 15.0. The number of methoxy groups -OCH3 is 4. The fourth-order valence-corrected chi connectivity index (χ4v) is 6.74. The van der Waals surface area contributed by atoms with E-state index in [0.29, 0.717) is 48.9 Å². The first kappa shape index (κ1) is 31.1. The van der Waals surface area contributed by atoms with E-state index in [1.165, 1.54) is 7.11 Å². The van der Waals surface area contributed by atoms with Crippen LogP contribution in [0.4, 0.5) is 5.69 Å². The van der Waals surface area contributed by atoms with Gasteiger partial charge in [-0.1, -0.05) is 54.6 Å². The Kier molecular flexibility index (Phi) is 8.41. The lowest BCUT2D eigenvalue weighted by Crippen LogP contribution is -2.36. The summed E-state index contributed by atoms with van der Waals surface area (Å²) in [6.45, 7) is 2.66. The monoisotopic (exact) mass is 643 g/mol. The Morgan fingerprint density at radius 1 is 0.750 bits per heavy atom. The molecule has 0 aromatic heterocycles. The van der Waals surface area contributed by atoms with Crippen molar-refractivity contribution in [3.8, 4) is 34.1 Å². The maximum absolute atomic E-state index is 13.9. The van der Waals surface area contributed by atoms with Crippen LogP contribution in [0.25, 0.3) is 28.0 Å². The van der Waals surface area contributed by atoms with E-state index in [0.717, 1.165) is 50.2 Å². The van der Waals surface area contributed by atoms with E-state index < -0.39 is 11.6 Å². The van der Waals surface area contributed by atoms with E-state index in [2.05, 4.69) is 11.0 Å². The van der Waals surface area contributed by atoms with Crippen LogP contribution in [0, 0.1) is 0 Å². The molecule has 0 radical (unpaired) electrons. The third kappa shape index (κ3) is 5.28. The lowest BCUT2D eigenvalue weighted by atomic mass is 9.81. The van der Waals surface area contributed by atoms with Crippen LogP contribution in [0.1, 0.15) is 27.0 Å². The summed E-state index contributed by atoms with van der Waals surface area (Å²) in [5.41, 5.74) is 4.34. The standard InChI is InChI=1S/C40H37NO7/c1-43-29-14-10-27(11-15-29)40(28-12-16-30(44-2)17-13-28)19-18-31-37(39(42)46-4)36(26-8-6-5-7-9-26)32-24-34(41-20-22-47-23-21-41)35(45-3)25-33(32)38(31)48-40/h5-19,24-25H,20-23H2,1-4H3. The predicted molar refractivity (Wildman–Crippen MR) is 187 cm³/mol. The predicted octanol–water partition coefficient (Wildman–Crippen LogP) is 7.51. The molecule has 0 bridgehead atoms. The van der Waals surface area contributed by atoms with E-state index in [9.17, 15) is 4.79 Å². The molecule has 0 atom stereocenters. The van der Waals surface area contributed by atoms with Crippen LogP contribution in [-0.2, 0) is 15.1 Å². The van der Waals surface area contributed by atoms with Gasteiger partial charge >= 0.3 is 5.97 Å². The maximum Gasteiger partial charge on any atom is 0.339 e. The highest BCUT2D eigenvalue weighted by Crippen LogP contribution is 2.52. The minimum atomic E-state index is -1.06. The van der Waals surface area contributed by atoms with Gasteiger partial charge in [-0.15, -0.1) is 0 Å². The first-order chi connectivity index (χ1) is 23.5. The summed E-state index contributed by atoms with van der Waals surface area (Å²) in [5.74, 6) is 2.26. The quantitative estimate of drug-likeness (QED) is 0.161. The molecule has 2 aliphatic rings. The molecule has 5 aromatic rings. The van der Waals surface area contributed by atoms with Crippen LogP contribution in [0.15, 0.2) is 97.1 Å². The summed E-state index contributed by atoms with van der Waals surface area (Å²) in [6, 6.07) is 29.7. The Bertz CT molecular complexity index is 1930. The van der Waals surface area contributed by atoms with Crippen molar-refractivity contribution in [3.63, 3.8) is 0 Å². The van der Waals surface area contributed by atoms with Crippen molar-refractivity contribution < 1.29 is 33.2 Å². The zero-order chi connectivity index (χ0) is 33.3. The summed E-state index contributed by atoms with van der Waals surface area (Å²) in [7, 11) is 6.38. The molecule has 244 valence electrons. The zero-order valence-corrected chi connectivity index (χ0v) is 27.4. The fourth-order valence-electron chi connectivity index (χ4n) is 6.74. The average molecular weight is 644 g/mol. The molecule has 7 rings (SSSR count). The minimum absolute atomic E-state index is 0.429. The summed E-state index contributed by atoms with van der Waals surface area (Å²) in [4.78, 5) is 16.1. The van der Waals surface area contributed by atoms with Crippen LogP contribution >= 0.6 is 0 Å². The van der Waals surface area contributed by atoms with Crippen LogP contribution in [0.2, 0.25) is 0 Å². The van der Waals surface area contributed by atoms with Gasteiger partial charge in [0.05, 0.1) is 52.9 Å². The summed E-state index contributed by atoms with van der Waals surface area (Å²) in [5, 5.41) is 1.65. The van der Waals surface area contributed by atoms with E-state index in [4.69, 9.17) is 28.4 Å². The summed E-state index contributed by atoms with van der Waals surface area (Å²) >= 11 is 0. The van der Waals surface area contributed by atoms with Gasteiger partial charge in [0.25, 0.3) is 0 Å². The molecule has 0 N–H and O–H groups in total. The molecule has 8 nitrogen and oxygen atoms in total. The molecule has 1 saturated heterocycles. The van der Waals surface area contributed by atoms with E-state index in [1.807, 2.05) is 97.1 Å². The first-order valence-corrected chi connectivity index (χ1v) is 15.9. The molecule has 0 aliphatic carbocycles. The number of carbonyl (C=O) groups is 1. The van der Waals surface area contributed by atoms with Crippen molar-refractivity contribution in [2.24, 2.45) is 0 Å². The third-order valence-electron chi connectivity index (χ3n) is 9.19. The Hall–Kier alpha value is -5.47. The van der Waals surface area contributed by atoms with Gasteiger partial charge in [0, 0.05) is 40.7 Å². The van der Waals surface area contributed by atoms with Crippen molar-refractivity contribution in [1.29, 1.82) is 0 Å². The number of esters is 1. The molecule has 5 aromatic carbocycles. The third-order valence-corrected chi connectivity index (χ3v) is 9.19. The number of nitrogens with zero attached hydrogens (tertiary/aromatic N) is 1. The highest BCUT2D eigenvalue weighted by Gasteiger charge is 2.40. The Labute approximate surface area is 280 Å². The van der Waals surface area contributed by atoms with Gasteiger partial charge in [0.1, 0.15) is 23.0 Å². The number of carbonyl (C=O) groups excluding carboxylic acids is 1. The number of hydrogen-bond acceptors (Lipinski definition) is 8. The van der Waals surface area contributed by atoms with Gasteiger partial charge in [-0.25, -0.2) is 4.79 Å². The van der Waals surface area contributed by atoms with Crippen molar-refractivity contribution in [1.82, 2.24) is 0 Å². The largest absolute Gasteiger partial charge is 0.497 e. The number of morpholine rings is 1. The lowest BCUT2D eigenvalue weighted by molar-refractivity contribution is 0.0600. The second-order valence-corrected chi connectivity index (χ2v) is 11.6. The lowest BCUT2D eigenvalue weighted by Gasteiger charge is -2.38. The van der Waals surface area contributed by atoms with Gasteiger partial charge in [0.2, 0.25) is 0 Å². The second kappa shape index (κ2) is 13.0. The fraction of sp³-hybridized carbons (Fsp3) is 0.225. The molecule has 2 aliphatic heterocycles. The van der Waals surface area contributed by atoms with Crippen LogP contribution in [-0.4, -0.2) is 60.7 Å². The highest BCUT2D eigenvalue weighted by atomic mass is 16.5. The van der Waals surface area contributed by atoms with Crippen molar-refractivity contribution in [3.05, 3.63) is 119 Å². The average Bonchev–Trinajstić information content (AvgIpc) is 3.17. The number of anilines is 1. The minimum Gasteiger partial charge on any atom is -0.497 e. The smallest absolute Gasteiger partial charge is 0.339 e. The van der Waals surface area contributed by atoms with Gasteiger partial charge < -0.3 is 33.3 Å². The number of fused-ring (bicyclic) bond motifs is 3. The molecular formula is C40H37NO7. The molecular weight excluding hydrogens is 606 g/mol. The molecule has 1 fully saturated rings. The molecule has 2 heterocycles. The van der Waals surface area contributed by atoms with Gasteiger partial charge in [-0.2, -0.15) is 0 Å². The number of rotatable bonds is 8. The Morgan fingerprint density at radius 3 is 1.94 bits per heavy atom. The molecule has 0 unspecified atom stereocenters. The van der Waals surface area contributed by atoms with Gasteiger partial charge in [-0.3, -0.25) is 0 Å². The first-order valence-electron chi connectivity index (χ1n) is 15.9. The summed E-state index contributed by atoms with van der Waals surface area (Å²) < 4.78 is 35.4. The van der Waals surface area contributed by atoms with E-state index >= 15 is 0 Å². The summed E-state index contributed by atoms with van der Waals surface area (Å²) in [6.07, 6.45) is 3.99. The highest BCUT2D eigenvalue weighted by molar-refractivity contribution is 6.15. The maximum atomic E-state index is 13.9. The van der Waals surface area contributed by atoms with Crippen molar-refractivity contribution in [2.75, 3.05) is 59.6 Å². The molecule has 0 spiro atoms. The molecule has 48 heavy (non-hydrogen) atoms. The van der Waals surface area contributed by atoms with Crippen LogP contribution < -0.4 is 23.8 Å². The van der Waals surface area contributed by atoms with E-state index in [1.54, 1.807) is 21.3 Å². The second-order valence-electron chi connectivity index (χ2n) is 11.6. The van der Waals surface area contributed by atoms with E-state index in [-0.39, 0.29) is 0 Å². The number of benzene rings is 5. The Balaban J connectivity index is 1.56. The number of hydrogen-bond donors (Lipinski definition) is 0. The zero-order valence-electron chi connectivity index (χ0n) is 27.4. The molecule has 0 amide bonds. The van der Waals surface area contributed by atoms with Crippen molar-refractivity contribution >= 4 is 28.5 Å².